The second kappa shape index (κ2) is 14.2. The van der Waals surface area contributed by atoms with Gasteiger partial charge in [-0.2, -0.15) is 4.39 Å². The average molecular weight is 559 g/mol. The second-order valence-electron chi connectivity index (χ2n) is 8.17. The quantitative estimate of drug-likeness (QED) is 0.105. The van der Waals surface area contributed by atoms with E-state index in [9.17, 15) is 27.6 Å². The summed E-state index contributed by atoms with van der Waals surface area (Å²) in [5.74, 6) is -1.88. The van der Waals surface area contributed by atoms with Crippen LogP contribution in [0.25, 0.3) is 6.08 Å². The molecule has 0 saturated carbocycles. The highest BCUT2D eigenvalue weighted by Gasteiger charge is 2.21. The number of hydrogen-bond acceptors (Lipinski definition) is 9. The van der Waals surface area contributed by atoms with E-state index in [1.807, 2.05) is 0 Å². The Kier molecular flexibility index (Phi) is 10.5. The summed E-state index contributed by atoms with van der Waals surface area (Å²) in [4.78, 5) is 36.2. The van der Waals surface area contributed by atoms with Gasteiger partial charge in [-0.05, 0) is 66.2 Å². The van der Waals surface area contributed by atoms with E-state index in [0.717, 1.165) is 0 Å². The third kappa shape index (κ3) is 9.39. The molecule has 3 aromatic rings. The minimum Gasteiger partial charge on any atom is -0.462 e. The number of nitrogens with two attached hydrogens (primary N) is 2. The molecule has 0 aliphatic rings. The normalized spacial score (nSPS) is 11.7. The smallest absolute Gasteiger partial charge is 0.343 e. The zero-order valence-corrected chi connectivity index (χ0v) is 20.9. The average Bonchev–Trinajstić information content (AvgIpc) is 2.92. The predicted molar refractivity (Wildman–Crippen MR) is 140 cm³/mol. The van der Waals surface area contributed by atoms with Crippen molar-refractivity contribution in [2.24, 2.45) is 0 Å². The summed E-state index contributed by atoms with van der Waals surface area (Å²) >= 11 is 0. The molecule has 4 N–H and O–H groups in total. The molecule has 0 saturated heterocycles. The zero-order chi connectivity index (χ0) is 29.1. The number of carbonyl (C=O) groups is 3. The Bertz CT molecular complexity index is 1330. The third-order valence-corrected chi connectivity index (χ3v) is 5.02. The van der Waals surface area contributed by atoms with Gasteiger partial charge in [0.25, 0.3) is 6.36 Å². The lowest BCUT2D eigenvalue weighted by atomic mass is 10.2. The van der Waals surface area contributed by atoms with Crippen molar-refractivity contribution in [1.82, 2.24) is 0 Å². The fourth-order valence-corrected chi connectivity index (χ4v) is 3.15. The topological polar surface area (TPSA) is 140 Å². The van der Waals surface area contributed by atoms with Gasteiger partial charge in [-0.25, -0.2) is 23.2 Å². The van der Waals surface area contributed by atoms with Crippen LogP contribution in [0.2, 0.25) is 0 Å². The Morgan fingerprint density at radius 2 is 1.35 bits per heavy atom. The van der Waals surface area contributed by atoms with Gasteiger partial charge < -0.3 is 30.4 Å². The van der Waals surface area contributed by atoms with Crippen LogP contribution in [0, 0.1) is 0 Å². The predicted octanol–water partition coefficient (Wildman–Crippen LogP) is 4.81. The van der Waals surface area contributed by atoms with E-state index in [-0.39, 0.29) is 42.3 Å². The van der Waals surface area contributed by atoms with Crippen molar-refractivity contribution in [3.63, 3.8) is 0 Å². The number of nitrogen functional groups attached to an aromatic ring is 2. The number of ether oxygens (including phenoxy) is 4. The van der Waals surface area contributed by atoms with Crippen LogP contribution in [-0.4, -0.2) is 43.9 Å². The standard InChI is InChI=1S/C28H25F3N2O7/c29-25(30)26(31)39-22-9-5-18(6-10-22)28(36)40-23-7-2-17(3-8-23)4-11-24(34)37-12-1-13-38-27(35)19-14-20(32)16-21(33)15-19/h2-11,14-16,25-26H,1,12-13,32-33H2. The van der Waals surface area contributed by atoms with E-state index in [1.165, 1.54) is 66.7 Å². The summed E-state index contributed by atoms with van der Waals surface area (Å²) in [7, 11) is 0. The summed E-state index contributed by atoms with van der Waals surface area (Å²) < 4.78 is 57.2. The van der Waals surface area contributed by atoms with Gasteiger partial charge in [0.15, 0.2) is 0 Å². The number of hydrogen-bond donors (Lipinski definition) is 2. The Hall–Kier alpha value is -5.00. The Labute approximate surface area is 227 Å². The molecule has 0 radical (unpaired) electrons. The molecule has 12 heteroatoms. The van der Waals surface area contributed by atoms with Gasteiger partial charge in [0.1, 0.15) is 11.5 Å². The van der Waals surface area contributed by atoms with E-state index < -0.39 is 30.7 Å². The van der Waals surface area contributed by atoms with Crippen molar-refractivity contribution < 1.29 is 46.5 Å². The molecule has 1 atom stereocenters. The summed E-state index contributed by atoms with van der Waals surface area (Å²) in [5, 5.41) is 0. The maximum Gasteiger partial charge on any atom is 0.343 e. The van der Waals surface area contributed by atoms with Gasteiger partial charge in [-0.3, -0.25) is 0 Å². The Morgan fingerprint density at radius 1 is 0.750 bits per heavy atom. The van der Waals surface area contributed by atoms with Gasteiger partial charge in [0, 0.05) is 23.9 Å². The van der Waals surface area contributed by atoms with Crippen LogP contribution in [0.1, 0.15) is 32.7 Å². The van der Waals surface area contributed by atoms with E-state index >= 15 is 0 Å². The van der Waals surface area contributed by atoms with E-state index in [4.69, 9.17) is 25.7 Å². The molecule has 0 heterocycles. The molecule has 0 aliphatic heterocycles. The molecule has 9 nitrogen and oxygen atoms in total. The number of anilines is 2. The van der Waals surface area contributed by atoms with Crippen molar-refractivity contribution in [3.8, 4) is 11.5 Å². The van der Waals surface area contributed by atoms with Crippen LogP contribution < -0.4 is 20.9 Å². The number of esters is 3. The molecule has 0 aromatic heterocycles. The fraction of sp³-hybridized carbons (Fsp3) is 0.179. The highest BCUT2D eigenvalue weighted by Crippen LogP contribution is 2.20. The minimum absolute atomic E-state index is 0.0259. The highest BCUT2D eigenvalue weighted by molar-refractivity contribution is 5.92. The SMILES string of the molecule is Nc1cc(N)cc(C(=O)OCCCOC(=O)C=Cc2ccc(OC(=O)c3ccc(OC(F)C(F)F)cc3)cc2)c1. The Morgan fingerprint density at radius 3 is 1.98 bits per heavy atom. The summed E-state index contributed by atoms with van der Waals surface area (Å²) in [5.41, 5.74) is 12.9. The first-order valence-corrected chi connectivity index (χ1v) is 11.8. The molecular weight excluding hydrogens is 533 g/mol. The Balaban J connectivity index is 1.38. The third-order valence-electron chi connectivity index (χ3n) is 5.02. The second-order valence-corrected chi connectivity index (χ2v) is 8.17. The first kappa shape index (κ1) is 29.6. The van der Waals surface area contributed by atoms with Gasteiger partial charge >= 0.3 is 24.3 Å². The minimum atomic E-state index is -3.29. The van der Waals surface area contributed by atoms with Crippen LogP contribution in [0.15, 0.2) is 72.8 Å². The van der Waals surface area contributed by atoms with Gasteiger partial charge in [-0.15, -0.1) is 0 Å². The van der Waals surface area contributed by atoms with Crippen LogP contribution in [0.4, 0.5) is 24.5 Å². The molecule has 0 fully saturated rings. The van der Waals surface area contributed by atoms with Crippen LogP contribution in [0.5, 0.6) is 11.5 Å². The maximum atomic E-state index is 13.0. The number of carbonyl (C=O) groups excluding carboxylic acids is 3. The molecule has 0 spiro atoms. The lowest BCUT2D eigenvalue weighted by Crippen LogP contribution is -2.19. The van der Waals surface area contributed by atoms with Crippen molar-refractivity contribution >= 4 is 35.4 Å². The number of alkyl halides is 3. The monoisotopic (exact) mass is 558 g/mol. The summed E-state index contributed by atoms with van der Waals surface area (Å²) in [6.45, 7) is 0.0531. The molecule has 40 heavy (non-hydrogen) atoms. The first-order valence-electron chi connectivity index (χ1n) is 11.8. The molecular formula is C28H25F3N2O7. The molecule has 0 amide bonds. The highest BCUT2D eigenvalue weighted by atomic mass is 19.3. The van der Waals surface area contributed by atoms with Gasteiger partial charge in [0.05, 0.1) is 24.3 Å². The van der Waals surface area contributed by atoms with Crippen molar-refractivity contribution in [2.45, 2.75) is 19.2 Å². The molecule has 210 valence electrons. The fourth-order valence-electron chi connectivity index (χ4n) is 3.15. The molecule has 3 rings (SSSR count). The molecule has 0 aliphatic carbocycles. The van der Waals surface area contributed by atoms with Crippen LogP contribution in [-0.2, 0) is 14.3 Å². The molecule has 1 unspecified atom stereocenters. The maximum absolute atomic E-state index is 13.0. The van der Waals surface area contributed by atoms with Gasteiger partial charge in [0.2, 0.25) is 0 Å². The lowest BCUT2D eigenvalue weighted by Gasteiger charge is -2.10. The number of benzene rings is 3. The molecule has 0 bridgehead atoms. The van der Waals surface area contributed by atoms with E-state index in [1.54, 1.807) is 12.1 Å². The van der Waals surface area contributed by atoms with Crippen molar-refractivity contribution in [3.05, 3.63) is 89.5 Å². The van der Waals surface area contributed by atoms with Crippen molar-refractivity contribution in [2.75, 3.05) is 24.7 Å². The van der Waals surface area contributed by atoms with Gasteiger partial charge in [-0.1, -0.05) is 12.1 Å². The lowest BCUT2D eigenvalue weighted by molar-refractivity contribution is -0.137. The summed E-state index contributed by atoms with van der Waals surface area (Å²) in [6.07, 6.45) is -3.08. The van der Waals surface area contributed by atoms with Crippen molar-refractivity contribution in [1.29, 1.82) is 0 Å². The molecule has 3 aromatic carbocycles. The largest absolute Gasteiger partial charge is 0.462 e. The zero-order valence-electron chi connectivity index (χ0n) is 20.9. The number of rotatable bonds is 12. The van der Waals surface area contributed by atoms with Crippen LogP contribution >= 0.6 is 0 Å². The first-order chi connectivity index (χ1) is 19.1. The number of halogens is 3. The summed E-state index contributed by atoms with van der Waals surface area (Å²) in [6, 6.07) is 15.4. The van der Waals surface area contributed by atoms with E-state index in [0.29, 0.717) is 16.9 Å². The van der Waals surface area contributed by atoms with Crippen LogP contribution in [0.3, 0.4) is 0 Å². The van der Waals surface area contributed by atoms with E-state index in [2.05, 4.69) is 4.74 Å².